The number of hydrogen-bond donors (Lipinski definition) is 1. The van der Waals surface area contributed by atoms with Crippen LogP contribution < -0.4 is 5.73 Å². The minimum atomic E-state index is -4.75. The van der Waals surface area contributed by atoms with Gasteiger partial charge in [-0.3, -0.25) is 0 Å². The molecular weight excluding hydrogens is 269 g/mol. The van der Waals surface area contributed by atoms with E-state index in [1.54, 1.807) is 0 Å². The molecule has 3 nitrogen and oxygen atoms in total. The van der Waals surface area contributed by atoms with Crippen LogP contribution in [0.25, 0.3) is 11.3 Å². The Labute approximate surface area is 103 Å². The van der Waals surface area contributed by atoms with E-state index >= 15 is 0 Å². The predicted octanol–water partition coefficient (Wildman–Crippen LogP) is 3.02. The summed E-state index contributed by atoms with van der Waals surface area (Å²) in [5, 5.41) is 0. The van der Waals surface area contributed by atoms with Crippen molar-refractivity contribution in [3.8, 4) is 11.3 Å². The molecule has 1 aromatic carbocycles. The van der Waals surface area contributed by atoms with Gasteiger partial charge in [0.1, 0.15) is 0 Å². The molecule has 0 amide bonds. The van der Waals surface area contributed by atoms with Crippen molar-refractivity contribution >= 4 is 5.95 Å². The summed E-state index contributed by atoms with van der Waals surface area (Å²) in [5.74, 6) is -3.16. The van der Waals surface area contributed by atoms with E-state index in [0.717, 1.165) is 18.2 Å². The van der Waals surface area contributed by atoms with Crippen LogP contribution in [0.3, 0.4) is 0 Å². The van der Waals surface area contributed by atoms with Crippen molar-refractivity contribution in [3.05, 3.63) is 41.6 Å². The van der Waals surface area contributed by atoms with Crippen LogP contribution in [0.15, 0.2) is 24.3 Å². The Kier molecular flexibility index (Phi) is 3.09. The zero-order valence-electron chi connectivity index (χ0n) is 9.17. The van der Waals surface area contributed by atoms with E-state index in [1.165, 1.54) is 0 Å². The van der Waals surface area contributed by atoms with Gasteiger partial charge in [-0.1, -0.05) is 6.07 Å². The number of halogens is 5. The molecule has 0 radical (unpaired) electrons. The first-order valence-corrected chi connectivity index (χ1v) is 4.95. The zero-order valence-corrected chi connectivity index (χ0v) is 9.17. The Morgan fingerprint density at radius 1 is 1.05 bits per heavy atom. The first-order chi connectivity index (χ1) is 8.79. The van der Waals surface area contributed by atoms with Crippen molar-refractivity contribution in [2.45, 2.75) is 6.18 Å². The van der Waals surface area contributed by atoms with Gasteiger partial charge >= 0.3 is 6.18 Å². The first kappa shape index (κ1) is 13.2. The Morgan fingerprint density at radius 3 is 2.37 bits per heavy atom. The smallest absolute Gasteiger partial charge is 0.368 e. The van der Waals surface area contributed by atoms with E-state index < -0.39 is 40.7 Å². The molecule has 2 N–H and O–H groups in total. The molecule has 0 bridgehead atoms. The van der Waals surface area contributed by atoms with E-state index in [4.69, 9.17) is 5.73 Å². The van der Waals surface area contributed by atoms with Crippen LogP contribution in [0.2, 0.25) is 0 Å². The average molecular weight is 275 g/mol. The van der Waals surface area contributed by atoms with Crippen LogP contribution in [0.5, 0.6) is 0 Å². The summed E-state index contributed by atoms with van der Waals surface area (Å²) in [6.45, 7) is 0. The fourth-order valence-electron chi connectivity index (χ4n) is 1.45. The number of nitrogens with zero attached hydrogens (tertiary/aromatic N) is 2. The molecule has 2 aromatic rings. The number of nitrogen functional groups attached to an aromatic ring is 1. The first-order valence-electron chi connectivity index (χ1n) is 4.95. The lowest BCUT2D eigenvalue weighted by atomic mass is 10.1. The molecule has 2 rings (SSSR count). The topological polar surface area (TPSA) is 51.8 Å². The fourth-order valence-corrected chi connectivity index (χ4v) is 1.45. The van der Waals surface area contributed by atoms with Crippen LogP contribution in [0.1, 0.15) is 5.69 Å². The highest BCUT2D eigenvalue weighted by molar-refractivity contribution is 5.61. The van der Waals surface area contributed by atoms with Gasteiger partial charge in [0, 0.05) is 5.56 Å². The van der Waals surface area contributed by atoms with Crippen LogP contribution in [0, 0.1) is 11.6 Å². The summed E-state index contributed by atoms with van der Waals surface area (Å²) in [5.41, 5.74) is 2.97. The second kappa shape index (κ2) is 4.45. The summed E-state index contributed by atoms with van der Waals surface area (Å²) in [7, 11) is 0. The Morgan fingerprint density at radius 2 is 1.74 bits per heavy atom. The summed E-state index contributed by atoms with van der Waals surface area (Å²) in [6, 6.07) is 3.60. The van der Waals surface area contributed by atoms with Gasteiger partial charge in [0.25, 0.3) is 0 Å². The maximum Gasteiger partial charge on any atom is 0.433 e. The largest absolute Gasteiger partial charge is 0.433 e. The maximum absolute atomic E-state index is 13.5. The highest BCUT2D eigenvalue weighted by atomic mass is 19.4. The highest BCUT2D eigenvalue weighted by Crippen LogP contribution is 2.31. The van der Waals surface area contributed by atoms with Crippen molar-refractivity contribution in [1.29, 1.82) is 0 Å². The molecule has 19 heavy (non-hydrogen) atoms. The van der Waals surface area contributed by atoms with E-state index in [0.29, 0.717) is 6.07 Å². The van der Waals surface area contributed by atoms with Crippen molar-refractivity contribution in [2.24, 2.45) is 0 Å². The Balaban J connectivity index is 2.63. The summed E-state index contributed by atoms with van der Waals surface area (Å²) in [4.78, 5) is 6.49. The normalized spacial score (nSPS) is 11.6. The number of aromatic nitrogens is 2. The van der Waals surface area contributed by atoms with Gasteiger partial charge in [0.05, 0.1) is 5.69 Å². The molecule has 1 aromatic heterocycles. The van der Waals surface area contributed by atoms with Gasteiger partial charge in [0.15, 0.2) is 17.3 Å². The highest BCUT2D eigenvalue weighted by Gasteiger charge is 2.33. The lowest BCUT2D eigenvalue weighted by Gasteiger charge is -2.09. The standard InChI is InChI=1S/C11H6F5N3/c12-6-3-1-2-5(9(6)13)7-4-8(11(14,15)16)19-10(17)18-7/h1-4H,(H2,17,18,19). The molecule has 0 aliphatic rings. The van der Waals surface area contributed by atoms with E-state index in [-0.39, 0.29) is 0 Å². The maximum atomic E-state index is 13.5. The number of hydrogen-bond acceptors (Lipinski definition) is 3. The number of nitrogens with two attached hydrogens (primary N) is 1. The molecule has 0 atom stereocenters. The second-order valence-electron chi connectivity index (χ2n) is 3.60. The third kappa shape index (κ3) is 2.61. The minimum absolute atomic E-state index is 0.417. The summed E-state index contributed by atoms with van der Waals surface area (Å²) >= 11 is 0. The van der Waals surface area contributed by atoms with Gasteiger partial charge in [-0.15, -0.1) is 0 Å². The van der Waals surface area contributed by atoms with E-state index in [1.807, 2.05) is 0 Å². The molecule has 0 aliphatic heterocycles. The van der Waals surface area contributed by atoms with Crippen LogP contribution >= 0.6 is 0 Å². The molecule has 1 heterocycles. The SMILES string of the molecule is Nc1nc(-c2cccc(F)c2F)cc(C(F)(F)F)n1. The third-order valence-corrected chi connectivity index (χ3v) is 2.26. The van der Waals surface area contributed by atoms with Crippen molar-refractivity contribution in [1.82, 2.24) is 9.97 Å². The van der Waals surface area contributed by atoms with Crippen molar-refractivity contribution in [2.75, 3.05) is 5.73 Å². The average Bonchev–Trinajstić information content (AvgIpc) is 2.31. The number of rotatable bonds is 1. The molecule has 8 heteroatoms. The lowest BCUT2D eigenvalue weighted by Crippen LogP contribution is -2.11. The molecule has 100 valence electrons. The van der Waals surface area contributed by atoms with Crippen molar-refractivity contribution < 1.29 is 22.0 Å². The van der Waals surface area contributed by atoms with Gasteiger partial charge < -0.3 is 5.73 Å². The molecule has 0 saturated carbocycles. The molecular formula is C11H6F5N3. The van der Waals surface area contributed by atoms with E-state index in [9.17, 15) is 22.0 Å². The van der Waals surface area contributed by atoms with Gasteiger partial charge in [0.2, 0.25) is 5.95 Å². The molecule has 0 saturated heterocycles. The lowest BCUT2D eigenvalue weighted by molar-refractivity contribution is -0.141. The zero-order chi connectivity index (χ0) is 14.2. The van der Waals surface area contributed by atoms with Gasteiger partial charge in [-0.05, 0) is 18.2 Å². The number of anilines is 1. The number of alkyl halides is 3. The second-order valence-corrected chi connectivity index (χ2v) is 3.60. The van der Waals surface area contributed by atoms with Gasteiger partial charge in [-0.2, -0.15) is 13.2 Å². The Bertz CT molecular complexity index is 624. The van der Waals surface area contributed by atoms with Crippen LogP contribution in [0.4, 0.5) is 27.9 Å². The predicted molar refractivity (Wildman–Crippen MR) is 56.8 cm³/mol. The van der Waals surface area contributed by atoms with E-state index in [2.05, 4.69) is 9.97 Å². The van der Waals surface area contributed by atoms with Crippen LogP contribution in [-0.2, 0) is 6.18 Å². The van der Waals surface area contributed by atoms with Crippen LogP contribution in [-0.4, -0.2) is 9.97 Å². The van der Waals surface area contributed by atoms with Gasteiger partial charge in [-0.25, -0.2) is 18.7 Å². The quantitative estimate of drug-likeness (QED) is 0.814. The molecule has 0 unspecified atom stereocenters. The third-order valence-electron chi connectivity index (χ3n) is 2.26. The summed E-state index contributed by atoms with van der Waals surface area (Å²) in [6.07, 6.45) is -4.75. The summed E-state index contributed by atoms with van der Waals surface area (Å²) < 4.78 is 64.1. The Hall–Kier alpha value is -2.25. The fraction of sp³-hybridized carbons (Fsp3) is 0.0909. The monoisotopic (exact) mass is 275 g/mol. The van der Waals surface area contributed by atoms with Crippen molar-refractivity contribution in [3.63, 3.8) is 0 Å². The molecule has 0 spiro atoms. The number of benzene rings is 1. The minimum Gasteiger partial charge on any atom is -0.368 e. The molecule has 0 fully saturated rings. The molecule has 0 aliphatic carbocycles.